The quantitative estimate of drug-likeness (QED) is 0.402. The van der Waals surface area contributed by atoms with Crippen LogP contribution in [0.3, 0.4) is 0 Å². The maximum Gasteiger partial charge on any atom is 0.240 e. The number of aliphatic imine (C=N–C) groups is 1. The summed E-state index contributed by atoms with van der Waals surface area (Å²) >= 11 is 0. The van der Waals surface area contributed by atoms with E-state index in [1.54, 1.807) is 48.8 Å². The predicted octanol–water partition coefficient (Wildman–Crippen LogP) is -0.108. The van der Waals surface area contributed by atoms with Crippen LogP contribution < -0.4 is 15.4 Å². The number of benzene rings is 1. The molecule has 3 N–H and O–H groups in total. The summed E-state index contributed by atoms with van der Waals surface area (Å²) in [5.41, 5.74) is 6.04. The molecule has 3 rings (SSSR count). The van der Waals surface area contributed by atoms with Crippen molar-refractivity contribution in [3.05, 3.63) is 48.8 Å². The Hall–Kier alpha value is -2.72. The number of nitrogens with two attached hydrogens (primary N) is 1. The van der Waals surface area contributed by atoms with Gasteiger partial charge in [-0.1, -0.05) is 18.2 Å². The second kappa shape index (κ2) is 8.78. The summed E-state index contributed by atoms with van der Waals surface area (Å²) in [6.45, 7) is 3.39. The predicted molar refractivity (Wildman–Crippen MR) is 104 cm³/mol. The van der Waals surface area contributed by atoms with E-state index in [9.17, 15) is 8.42 Å². The molecule has 0 amide bonds. The van der Waals surface area contributed by atoms with Gasteiger partial charge in [-0.2, -0.15) is 0 Å². The monoisotopic (exact) mass is 389 g/mol. The lowest BCUT2D eigenvalue weighted by atomic mass is 10.3. The average molecular weight is 389 g/mol. The standard InChI is InChI=1S/C17H23N7O2S/c18-16(19-9-10-22-27(25,26)15-5-2-1-3-6-15)23-11-13-24(14-12-23)17-20-7-4-8-21-17/h1-8,22H,9-14H2,(H2,18,19). The number of anilines is 1. The van der Waals surface area contributed by atoms with Gasteiger partial charge in [-0.15, -0.1) is 0 Å². The second-order valence-corrected chi connectivity index (χ2v) is 7.74. The van der Waals surface area contributed by atoms with Gasteiger partial charge in [-0.25, -0.2) is 23.1 Å². The first-order chi connectivity index (χ1) is 13.1. The van der Waals surface area contributed by atoms with Gasteiger partial charge in [0.2, 0.25) is 16.0 Å². The molecule has 1 aliphatic heterocycles. The largest absolute Gasteiger partial charge is 0.370 e. The fourth-order valence-corrected chi connectivity index (χ4v) is 3.77. The lowest BCUT2D eigenvalue weighted by Crippen LogP contribution is -2.51. The zero-order valence-corrected chi connectivity index (χ0v) is 15.7. The van der Waals surface area contributed by atoms with Crippen LogP contribution in [0.5, 0.6) is 0 Å². The summed E-state index contributed by atoms with van der Waals surface area (Å²) in [6.07, 6.45) is 3.45. The molecule has 1 fully saturated rings. The topological polar surface area (TPSA) is 117 Å². The van der Waals surface area contributed by atoms with Crippen LogP contribution in [0, 0.1) is 0 Å². The molecule has 27 heavy (non-hydrogen) atoms. The third kappa shape index (κ3) is 5.14. The SMILES string of the molecule is NC(=NCCNS(=O)(=O)c1ccccc1)N1CCN(c2ncccn2)CC1. The van der Waals surface area contributed by atoms with Gasteiger partial charge in [-0.3, -0.25) is 4.99 Å². The van der Waals surface area contributed by atoms with Crippen LogP contribution in [0.1, 0.15) is 0 Å². The van der Waals surface area contributed by atoms with E-state index in [0.717, 1.165) is 13.1 Å². The Morgan fingerprint density at radius 2 is 1.74 bits per heavy atom. The van der Waals surface area contributed by atoms with Crippen molar-refractivity contribution in [3.63, 3.8) is 0 Å². The van der Waals surface area contributed by atoms with E-state index in [4.69, 9.17) is 5.73 Å². The molecule has 144 valence electrons. The third-order valence-corrected chi connectivity index (χ3v) is 5.65. The van der Waals surface area contributed by atoms with Crippen LogP contribution in [0.15, 0.2) is 58.7 Å². The molecular weight excluding hydrogens is 366 g/mol. The van der Waals surface area contributed by atoms with Crippen molar-refractivity contribution in [1.82, 2.24) is 19.6 Å². The lowest BCUT2D eigenvalue weighted by Gasteiger charge is -2.35. The van der Waals surface area contributed by atoms with Crippen LogP contribution in [0.2, 0.25) is 0 Å². The van der Waals surface area contributed by atoms with Crippen LogP contribution in [-0.4, -0.2) is 68.5 Å². The van der Waals surface area contributed by atoms with Crippen molar-refractivity contribution in [3.8, 4) is 0 Å². The van der Waals surface area contributed by atoms with E-state index < -0.39 is 10.0 Å². The minimum Gasteiger partial charge on any atom is -0.370 e. The van der Waals surface area contributed by atoms with Gasteiger partial charge >= 0.3 is 0 Å². The highest BCUT2D eigenvalue weighted by atomic mass is 32.2. The number of nitrogens with zero attached hydrogens (tertiary/aromatic N) is 5. The Morgan fingerprint density at radius 3 is 2.41 bits per heavy atom. The molecule has 2 aromatic rings. The van der Waals surface area contributed by atoms with Crippen molar-refractivity contribution in [2.24, 2.45) is 10.7 Å². The van der Waals surface area contributed by atoms with Crippen molar-refractivity contribution in [2.45, 2.75) is 4.90 Å². The summed E-state index contributed by atoms with van der Waals surface area (Å²) < 4.78 is 26.8. The lowest BCUT2D eigenvalue weighted by molar-refractivity contribution is 0.378. The molecular formula is C17H23N7O2S. The minimum absolute atomic E-state index is 0.190. The van der Waals surface area contributed by atoms with E-state index in [2.05, 4.69) is 24.6 Å². The van der Waals surface area contributed by atoms with Gasteiger partial charge in [0.25, 0.3) is 0 Å². The van der Waals surface area contributed by atoms with Crippen molar-refractivity contribution >= 4 is 21.9 Å². The van der Waals surface area contributed by atoms with Gasteiger partial charge in [0, 0.05) is 45.1 Å². The number of rotatable bonds is 6. The second-order valence-electron chi connectivity index (χ2n) is 5.97. The van der Waals surface area contributed by atoms with Gasteiger partial charge in [0.1, 0.15) is 0 Å². The van der Waals surface area contributed by atoms with E-state index in [-0.39, 0.29) is 18.0 Å². The van der Waals surface area contributed by atoms with E-state index >= 15 is 0 Å². The Labute approximate surface area is 159 Å². The van der Waals surface area contributed by atoms with Crippen molar-refractivity contribution < 1.29 is 8.42 Å². The summed E-state index contributed by atoms with van der Waals surface area (Å²) in [4.78, 5) is 17.1. The number of guanidine groups is 1. The molecule has 2 heterocycles. The molecule has 1 aromatic heterocycles. The molecule has 1 aromatic carbocycles. The van der Waals surface area contributed by atoms with Crippen LogP contribution in [0.25, 0.3) is 0 Å². The first-order valence-corrected chi connectivity index (χ1v) is 10.2. The smallest absolute Gasteiger partial charge is 0.240 e. The summed E-state index contributed by atoms with van der Waals surface area (Å²) in [6, 6.07) is 10.0. The number of piperazine rings is 1. The minimum atomic E-state index is -3.52. The molecule has 9 nitrogen and oxygen atoms in total. The molecule has 0 spiro atoms. The number of hydrogen-bond acceptors (Lipinski definition) is 6. The zero-order chi connectivity index (χ0) is 19.1. The van der Waals surface area contributed by atoms with Crippen LogP contribution in [0.4, 0.5) is 5.95 Å². The maximum atomic E-state index is 12.1. The molecule has 0 unspecified atom stereocenters. The number of sulfonamides is 1. The molecule has 0 radical (unpaired) electrons. The Bertz CT molecular complexity index is 851. The number of aromatic nitrogens is 2. The summed E-state index contributed by atoms with van der Waals surface area (Å²) in [7, 11) is -3.52. The number of hydrogen-bond donors (Lipinski definition) is 2. The molecule has 0 aliphatic carbocycles. The third-order valence-electron chi connectivity index (χ3n) is 4.17. The van der Waals surface area contributed by atoms with Crippen molar-refractivity contribution in [2.75, 3.05) is 44.2 Å². The fourth-order valence-electron chi connectivity index (χ4n) is 2.72. The van der Waals surface area contributed by atoms with E-state index in [1.165, 1.54) is 0 Å². The van der Waals surface area contributed by atoms with Crippen LogP contribution in [-0.2, 0) is 10.0 Å². The molecule has 0 atom stereocenters. The molecule has 1 saturated heterocycles. The Kier molecular flexibility index (Phi) is 6.20. The Balaban J connectivity index is 1.45. The summed E-state index contributed by atoms with van der Waals surface area (Å²) in [5, 5.41) is 0. The zero-order valence-electron chi connectivity index (χ0n) is 14.9. The first kappa shape index (κ1) is 19.1. The van der Waals surface area contributed by atoms with Crippen molar-refractivity contribution in [1.29, 1.82) is 0 Å². The van der Waals surface area contributed by atoms with E-state index in [1.807, 2.05) is 4.90 Å². The molecule has 0 bridgehead atoms. The van der Waals surface area contributed by atoms with Crippen LogP contribution >= 0.6 is 0 Å². The maximum absolute atomic E-state index is 12.1. The van der Waals surface area contributed by atoms with E-state index in [0.29, 0.717) is 25.0 Å². The highest BCUT2D eigenvalue weighted by Gasteiger charge is 2.20. The van der Waals surface area contributed by atoms with Gasteiger partial charge in [0.05, 0.1) is 11.4 Å². The summed E-state index contributed by atoms with van der Waals surface area (Å²) in [5.74, 6) is 1.13. The molecule has 10 heteroatoms. The van der Waals surface area contributed by atoms with Gasteiger partial charge in [0.15, 0.2) is 5.96 Å². The van der Waals surface area contributed by atoms with Gasteiger partial charge in [-0.05, 0) is 18.2 Å². The molecule has 0 saturated carbocycles. The van der Waals surface area contributed by atoms with Gasteiger partial charge < -0.3 is 15.5 Å². The first-order valence-electron chi connectivity index (χ1n) is 8.68. The highest BCUT2D eigenvalue weighted by molar-refractivity contribution is 7.89. The highest BCUT2D eigenvalue weighted by Crippen LogP contribution is 2.09. The molecule has 1 aliphatic rings. The fraction of sp³-hybridized carbons (Fsp3) is 0.353. The normalized spacial score (nSPS) is 15.8. The average Bonchev–Trinajstić information content (AvgIpc) is 2.72. The Morgan fingerprint density at radius 1 is 1.07 bits per heavy atom. The number of nitrogens with one attached hydrogen (secondary N) is 1.